The molecule has 3 saturated heterocycles. The normalized spacial score (nSPS) is 24.5. The molecular formula is C24H34N2O6. The van der Waals surface area contributed by atoms with Gasteiger partial charge in [0.1, 0.15) is 11.9 Å². The third-order valence-electron chi connectivity index (χ3n) is 7.25. The van der Waals surface area contributed by atoms with E-state index in [1.54, 1.807) is 19.2 Å². The minimum atomic E-state index is -0.381. The van der Waals surface area contributed by atoms with Gasteiger partial charge in [-0.2, -0.15) is 0 Å². The number of ether oxygens (including phenoxy) is 3. The van der Waals surface area contributed by atoms with Gasteiger partial charge in [0, 0.05) is 38.2 Å². The number of carbonyl (C=O) groups excluding carboxylic acids is 2. The number of cyclic esters (lactones) is 1. The number of hydrogen-bond acceptors (Lipinski definition) is 8. The van der Waals surface area contributed by atoms with E-state index in [2.05, 4.69) is 9.80 Å². The van der Waals surface area contributed by atoms with Crippen LogP contribution in [0.3, 0.4) is 0 Å². The number of methoxy groups -OCH3 is 2. The third kappa shape index (κ3) is 4.92. The van der Waals surface area contributed by atoms with Crippen LogP contribution in [0.2, 0.25) is 0 Å². The van der Waals surface area contributed by atoms with Crippen molar-refractivity contribution < 1.29 is 28.9 Å². The molecule has 8 heteroatoms. The quantitative estimate of drug-likeness (QED) is 0.663. The van der Waals surface area contributed by atoms with Crippen molar-refractivity contribution in [2.75, 3.05) is 46.9 Å². The number of rotatable bonds is 6. The van der Waals surface area contributed by atoms with Crippen LogP contribution >= 0.6 is 0 Å². The molecule has 1 spiro atoms. The van der Waals surface area contributed by atoms with Gasteiger partial charge in [0.25, 0.3) is 0 Å². The molecule has 0 radical (unpaired) electrons. The summed E-state index contributed by atoms with van der Waals surface area (Å²) in [7, 11) is 3.00. The van der Waals surface area contributed by atoms with Gasteiger partial charge in [-0.25, -0.2) is 4.79 Å². The van der Waals surface area contributed by atoms with Crippen molar-refractivity contribution in [3.05, 3.63) is 29.3 Å². The lowest BCUT2D eigenvalue weighted by atomic mass is 9.76. The molecule has 1 N–H and O–H groups in total. The minimum absolute atomic E-state index is 0.0514. The van der Waals surface area contributed by atoms with Gasteiger partial charge in [-0.05, 0) is 57.0 Å². The maximum Gasteiger partial charge on any atom is 0.337 e. The Morgan fingerprint density at radius 3 is 2.53 bits per heavy atom. The summed E-state index contributed by atoms with van der Waals surface area (Å²) in [6, 6.07) is 5.33. The molecule has 0 saturated carbocycles. The van der Waals surface area contributed by atoms with E-state index in [-0.39, 0.29) is 29.6 Å². The molecule has 32 heavy (non-hydrogen) atoms. The smallest absolute Gasteiger partial charge is 0.337 e. The van der Waals surface area contributed by atoms with Gasteiger partial charge in [0.15, 0.2) is 0 Å². The first kappa shape index (κ1) is 23.0. The van der Waals surface area contributed by atoms with E-state index >= 15 is 0 Å². The zero-order valence-electron chi connectivity index (χ0n) is 19.0. The van der Waals surface area contributed by atoms with E-state index in [0.717, 1.165) is 76.1 Å². The minimum Gasteiger partial charge on any atom is -0.496 e. The maximum atomic E-state index is 12.8. The summed E-state index contributed by atoms with van der Waals surface area (Å²) >= 11 is 0. The van der Waals surface area contributed by atoms with Crippen LogP contribution in [0, 0.1) is 5.41 Å². The number of aliphatic hydroxyl groups excluding tert-OH is 1. The fraction of sp³-hybridized carbons (Fsp3) is 0.667. The van der Waals surface area contributed by atoms with Gasteiger partial charge < -0.3 is 19.3 Å². The van der Waals surface area contributed by atoms with Crippen LogP contribution in [0.4, 0.5) is 0 Å². The lowest BCUT2D eigenvalue weighted by Crippen LogP contribution is -2.42. The molecule has 0 amide bonds. The van der Waals surface area contributed by atoms with Crippen molar-refractivity contribution in [3.8, 4) is 5.75 Å². The zero-order valence-corrected chi connectivity index (χ0v) is 19.0. The molecule has 8 nitrogen and oxygen atoms in total. The number of aliphatic hydroxyl groups is 1. The highest BCUT2D eigenvalue weighted by atomic mass is 16.6. The average molecular weight is 447 g/mol. The Hall–Kier alpha value is -2.16. The Morgan fingerprint density at radius 1 is 1.16 bits per heavy atom. The Balaban J connectivity index is 1.34. The van der Waals surface area contributed by atoms with Crippen molar-refractivity contribution in [3.63, 3.8) is 0 Å². The largest absolute Gasteiger partial charge is 0.496 e. The van der Waals surface area contributed by atoms with Crippen LogP contribution in [0.15, 0.2) is 18.2 Å². The molecule has 1 aromatic rings. The first-order valence-electron chi connectivity index (χ1n) is 11.5. The molecule has 3 aliphatic heterocycles. The van der Waals surface area contributed by atoms with Crippen molar-refractivity contribution in [1.29, 1.82) is 0 Å². The molecule has 176 valence electrons. The van der Waals surface area contributed by atoms with Crippen molar-refractivity contribution in [1.82, 2.24) is 9.80 Å². The molecule has 1 unspecified atom stereocenters. The zero-order chi connectivity index (χ0) is 22.7. The Bertz CT molecular complexity index is 828. The summed E-state index contributed by atoms with van der Waals surface area (Å²) in [5.74, 6) is 0.323. The van der Waals surface area contributed by atoms with Crippen molar-refractivity contribution in [2.45, 2.75) is 50.9 Å². The first-order valence-corrected chi connectivity index (χ1v) is 11.5. The van der Waals surface area contributed by atoms with Crippen molar-refractivity contribution in [2.24, 2.45) is 5.41 Å². The maximum absolute atomic E-state index is 12.8. The predicted molar refractivity (Wildman–Crippen MR) is 117 cm³/mol. The second kappa shape index (κ2) is 9.77. The molecule has 0 aliphatic carbocycles. The Morgan fingerprint density at radius 2 is 1.88 bits per heavy atom. The number of piperidine rings is 2. The van der Waals surface area contributed by atoms with Crippen molar-refractivity contribution >= 4 is 11.9 Å². The second-order valence-electron chi connectivity index (χ2n) is 9.34. The molecule has 3 fully saturated rings. The topological polar surface area (TPSA) is 88.5 Å². The van der Waals surface area contributed by atoms with Gasteiger partial charge >= 0.3 is 11.9 Å². The number of benzene rings is 1. The van der Waals surface area contributed by atoms with Gasteiger partial charge in [-0.15, -0.1) is 0 Å². The molecule has 3 aliphatic rings. The third-order valence-corrected chi connectivity index (χ3v) is 7.25. The van der Waals surface area contributed by atoms with Crippen LogP contribution < -0.4 is 4.74 Å². The highest BCUT2D eigenvalue weighted by Gasteiger charge is 2.50. The van der Waals surface area contributed by atoms with E-state index < -0.39 is 0 Å². The fourth-order valence-corrected chi connectivity index (χ4v) is 5.26. The molecule has 0 bridgehead atoms. The number of carbonyl (C=O) groups is 2. The van der Waals surface area contributed by atoms with Crippen LogP contribution in [0.1, 0.15) is 48.0 Å². The van der Waals surface area contributed by atoms with Crippen LogP contribution in [0.5, 0.6) is 5.75 Å². The van der Waals surface area contributed by atoms with E-state index in [9.17, 15) is 14.7 Å². The monoisotopic (exact) mass is 446 g/mol. The van der Waals surface area contributed by atoms with Crippen LogP contribution in [-0.4, -0.2) is 86.0 Å². The fourth-order valence-electron chi connectivity index (χ4n) is 5.26. The van der Waals surface area contributed by atoms with Gasteiger partial charge in [-0.1, -0.05) is 0 Å². The number of esters is 2. The number of nitrogens with zero attached hydrogens (tertiary/aromatic N) is 2. The highest BCUT2D eigenvalue weighted by molar-refractivity contribution is 5.89. The summed E-state index contributed by atoms with van der Waals surface area (Å²) in [5, 5.41) is 9.70. The molecule has 1 atom stereocenters. The highest BCUT2D eigenvalue weighted by Crippen LogP contribution is 2.43. The lowest BCUT2D eigenvalue weighted by Gasteiger charge is -2.37. The Labute approximate surface area is 189 Å². The molecule has 4 rings (SSSR count). The summed E-state index contributed by atoms with van der Waals surface area (Å²) in [5.41, 5.74) is 1.06. The molecular weight excluding hydrogens is 412 g/mol. The standard InChI is InChI=1S/C24H34N2O6/c1-30-21-4-3-17(22(28)31-2)13-18(21)15-26-11-7-24(8-12-26)14-20(32-23(24)29)16-25-9-5-19(27)6-10-25/h3-4,13,19-20,27H,5-12,14-16H2,1-2H3. The van der Waals surface area contributed by atoms with Gasteiger partial charge in [0.2, 0.25) is 0 Å². The Kier molecular flexibility index (Phi) is 7.02. The van der Waals surface area contributed by atoms with Gasteiger partial charge in [-0.3, -0.25) is 14.6 Å². The van der Waals surface area contributed by atoms with E-state index in [4.69, 9.17) is 14.2 Å². The van der Waals surface area contributed by atoms with Gasteiger partial charge in [0.05, 0.1) is 31.3 Å². The second-order valence-corrected chi connectivity index (χ2v) is 9.34. The summed E-state index contributed by atoms with van der Waals surface area (Å²) in [4.78, 5) is 29.3. The summed E-state index contributed by atoms with van der Waals surface area (Å²) < 4.78 is 16.1. The van der Waals surface area contributed by atoms with E-state index in [1.165, 1.54) is 7.11 Å². The summed E-state index contributed by atoms with van der Waals surface area (Å²) in [6.07, 6.45) is 3.67. The van der Waals surface area contributed by atoms with E-state index in [0.29, 0.717) is 12.1 Å². The molecule has 1 aromatic carbocycles. The van der Waals surface area contributed by atoms with Crippen LogP contribution in [0.25, 0.3) is 0 Å². The lowest BCUT2D eigenvalue weighted by molar-refractivity contribution is -0.151. The number of hydrogen-bond donors (Lipinski definition) is 1. The summed E-state index contributed by atoms with van der Waals surface area (Å²) in [6.45, 7) is 4.73. The van der Waals surface area contributed by atoms with Crippen LogP contribution in [-0.2, 0) is 20.8 Å². The number of likely N-dealkylation sites (tertiary alicyclic amines) is 2. The van der Waals surface area contributed by atoms with E-state index in [1.807, 2.05) is 6.07 Å². The average Bonchev–Trinajstić information content (AvgIpc) is 3.10. The SMILES string of the molecule is COC(=O)c1ccc(OC)c(CN2CCC3(CC2)CC(CN2CCC(O)CC2)OC3=O)c1. The molecule has 3 heterocycles. The molecule has 0 aromatic heterocycles. The first-order chi connectivity index (χ1) is 15.4. The predicted octanol–water partition coefficient (Wildman–Crippen LogP) is 1.84.